The quantitative estimate of drug-likeness (QED) is 0.747. The molecular formula is C19H24N2O5S. The first-order valence-corrected chi connectivity index (χ1v) is 9.85. The average molecular weight is 392 g/mol. The number of nitrogens with zero attached hydrogens (tertiary/aromatic N) is 1. The molecule has 0 aliphatic carbocycles. The van der Waals surface area contributed by atoms with Gasteiger partial charge >= 0.3 is 0 Å². The second-order valence-electron chi connectivity index (χ2n) is 5.90. The number of rotatable bonds is 8. The van der Waals surface area contributed by atoms with Crippen molar-refractivity contribution in [1.82, 2.24) is 4.31 Å². The van der Waals surface area contributed by atoms with Gasteiger partial charge in [0, 0.05) is 12.7 Å². The van der Waals surface area contributed by atoms with Gasteiger partial charge in [-0.1, -0.05) is 0 Å². The maximum absolute atomic E-state index is 12.7. The number of carbonyl (C=O) groups excluding carboxylic acids is 1. The lowest BCUT2D eigenvalue weighted by atomic mass is 10.2. The molecule has 0 aromatic heterocycles. The Hall–Kier alpha value is -2.58. The van der Waals surface area contributed by atoms with Crippen LogP contribution in [0.5, 0.6) is 11.5 Å². The molecule has 0 fully saturated rings. The fourth-order valence-corrected chi connectivity index (χ4v) is 3.69. The Morgan fingerprint density at radius 3 is 2.37 bits per heavy atom. The van der Waals surface area contributed by atoms with Crippen LogP contribution in [0, 0.1) is 6.92 Å². The second kappa shape index (κ2) is 8.88. The molecule has 7 nitrogen and oxygen atoms in total. The number of ether oxygens (including phenoxy) is 2. The zero-order chi connectivity index (χ0) is 20.0. The lowest BCUT2D eigenvalue weighted by molar-refractivity contribution is -0.116. The summed E-state index contributed by atoms with van der Waals surface area (Å²) in [6, 6.07) is 11.4. The van der Waals surface area contributed by atoms with Gasteiger partial charge in [0.2, 0.25) is 15.9 Å². The molecule has 0 spiro atoms. The van der Waals surface area contributed by atoms with Gasteiger partial charge in [0.15, 0.2) is 0 Å². The summed E-state index contributed by atoms with van der Waals surface area (Å²) in [7, 11) is -0.901. The molecule has 8 heteroatoms. The number of aryl methyl sites for hydroxylation is 1. The van der Waals surface area contributed by atoms with Crippen LogP contribution in [0.4, 0.5) is 5.69 Å². The summed E-state index contributed by atoms with van der Waals surface area (Å²) in [6.45, 7) is 3.90. The van der Waals surface area contributed by atoms with Gasteiger partial charge in [0.1, 0.15) is 11.5 Å². The van der Waals surface area contributed by atoms with Crippen molar-refractivity contribution < 1.29 is 22.7 Å². The van der Waals surface area contributed by atoms with Crippen molar-refractivity contribution in [2.45, 2.75) is 18.7 Å². The van der Waals surface area contributed by atoms with E-state index in [2.05, 4.69) is 5.32 Å². The molecule has 1 amide bonds. The molecule has 2 aromatic rings. The number of hydrogen-bond acceptors (Lipinski definition) is 5. The van der Waals surface area contributed by atoms with E-state index in [0.29, 0.717) is 29.4 Å². The van der Waals surface area contributed by atoms with E-state index in [9.17, 15) is 13.2 Å². The number of sulfonamides is 1. The predicted octanol–water partition coefficient (Wildman–Crippen LogP) is 2.66. The summed E-state index contributed by atoms with van der Waals surface area (Å²) >= 11 is 0. The van der Waals surface area contributed by atoms with Crippen LogP contribution in [0.15, 0.2) is 47.4 Å². The number of anilines is 1. The van der Waals surface area contributed by atoms with Crippen molar-refractivity contribution in [2.75, 3.05) is 32.6 Å². The standard InChI is InChI=1S/C19H24N2O5S/c1-5-26-16-8-6-15(7-9-16)20-19(22)13-21(3)27(23,24)17-10-11-18(25-4)14(2)12-17/h6-12H,5,13H2,1-4H3,(H,20,22). The van der Waals surface area contributed by atoms with Crippen molar-refractivity contribution in [1.29, 1.82) is 0 Å². The van der Waals surface area contributed by atoms with Crippen LogP contribution in [-0.2, 0) is 14.8 Å². The van der Waals surface area contributed by atoms with Gasteiger partial charge in [-0.2, -0.15) is 4.31 Å². The Morgan fingerprint density at radius 2 is 1.81 bits per heavy atom. The van der Waals surface area contributed by atoms with Crippen LogP contribution < -0.4 is 14.8 Å². The Kier molecular flexibility index (Phi) is 6.81. The van der Waals surface area contributed by atoms with Gasteiger partial charge in [-0.25, -0.2) is 8.42 Å². The SMILES string of the molecule is CCOc1ccc(NC(=O)CN(C)S(=O)(=O)c2ccc(OC)c(C)c2)cc1. The highest BCUT2D eigenvalue weighted by molar-refractivity contribution is 7.89. The molecule has 0 aliphatic heterocycles. The zero-order valence-electron chi connectivity index (χ0n) is 15.9. The number of hydrogen-bond donors (Lipinski definition) is 1. The molecule has 1 N–H and O–H groups in total. The minimum Gasteiger partial charge on any atom is -0.496 e. The summed E-state index contributed by atoms with van der Waals surface area (Å²) in [5, 5.41) is 2.67. The zero-order valence-corrected chi connectivity index (χ0v) is 16.7. The van der Waals surface area contributed by atoms with Crippen LogP contribution in [0.1, 0.15) is 12.5 Å². The van der Waals surface area contributed by atoms with Crippen molar-refractivity contribution in [3.05, 3.63) is 48.0 Å². The Labute approximate surface area is 160 Å². The Balaban J connectivity index is 2.05. The lowest BCUT2D eigenvalue weighted by Gasteiger charge is -2.18. The summed E-state index contributed by atoms with van der Waals surface area (Å²) < 4.78 is 36.9. The number of benzene rings is 2. The van der Waals surface area contributed by atoms with E-state index in [1.165, 1.54) is 26.3 Å². The summed E-state index contributed by atoms with van der Waals surface area (Å²) in [5.74, 6) is 0.866. The Bertz CT molecular complexity index is 895. The molecule has 2 aromatic carbocycles. The number of carbonyl (C=O) groups is 1. The molecule has 0 saturated heterocycles. The molecule has 0 bridgehead atoms. The van der Waals surface area contributed by atoms with Gasteiger partial charge in [-0.15, -0.1) is 0 Å². The fourth-order valence-electron chi connectivity index (χ4n) is 2.48. The third-order valence-electron chi connectivity index (χ3n) is 3.89. The van der Waals surface area contributed by atoms with Gasteiger partial charge in [-0.3, -0.25) is 4.79 Å². The largest absolute Gasteiger partial charge is 0.496 e. The van der Waals surface area contributed by atoms with E-state index in [0.717, 1.165) is 4.31 Å². The van der Waals surface area contributed by atoms with Crippen LogP contribution in [0.25, 0.3) is 0 Å². The van der Waals surface area contributed by atoms with E-state index < -0.39 is 15.9 Å². The summed E-state index contributed by atoms with van der Waals surface area (Å²) in [6.07, 6.45) is 0. The third kappa shape index (κ3) is 5.21. The summed E-state index contributed by atoms with van der Waals surface area (Å²) in [5.41, 5.74) is 1.26. The highest BCUT2D eigenvalue weighted by Gasteiger charge is 2.23. The molecule has 2 rings (SSSR count). The predicted molar refractivity (Wildman–Crippen MR) is 104 cm³/mol. The van der Waals surface area contributed by atoms with Crippen LogP contribution in [0.2, 0.25) is 0 Å². The molecule has 0 radical (unpaired) electrons. The van der Waals surface area contributed by atoms with E-state index in [1.54, 1.807) is 37.3 Å². The van der Waals surface area contributed by atoms with E-state index in [1.807, 2.05) is 6.92 Å². The van der Waals surface area contributed by atoms with Crippen molar-refractivity contribution in [3.8, 4) is 11.5 Å². The van der Waals surface area contributed by atoms with E-state index in [4.69, 9.17) is 9.47 Å². The molecular weight excluding hydrogens is 368 g/mol. The van der Waals surface area contributed by atoms with Gasteiger partial charge in [-0.05, 0) is 61.9 Å². The molecule has 0 heterocycles. The maximum Gasteiger partial charge on any atom is 0.243 e. The van der Waals surface area contributed by atoms with E-state index >= 15 is 0 Å². The molecule has 0 aliphatic rings. The first-order valence-electron chi connectivity index (χ1n) is 8.41. The second-order valence-corrected chi connectivity index (χ2v) is 7.94. The van der Waals surface area contributed by atoms with Crippen molar-refractivity contribution in [2.24, 2.45) is 0 Å². The molecule has 146 valence electrons. The molecule has 0 saturated carbocycles. The topological polar surface area (TPSA) is 84.9 Å². The lowest BCUT2D eigenvalue weighted by Crippen LogP contribution is -2.35. The van der Waals surface area contributed by atoms with E-state index in [-0.39, 0.29) is 11.4 Å². The number of nitrogens with one attached hydrogen (secondary N) is 1. The number of likely N-dealkylation sites (N-methyl/N-ethyl adjacent to an activating group) is 1. The molecule has 0 atom stereocenters. The van der Waals surface area contributed by atoms with Crippen molar-refractivity contribution >= 4 is 21.6 Å². The first kappa shape index (κ1) is 20.7. The normalized spacial score (nSPS) is 11.3. The highest BCUT2D eigenvalue weighted by atomic mass is 32.2. The van der Waals surface area contributed by atoms with Crippen LogP contribution in [0.3, 0.4) is 0 Å². The minimum atomic E-state index is -3.79. The van der Waals surface area contributed by atoms with Crippen LogP contribution >= 0.6 is 0 Å². The van der Waals surface area contributed by atoms with Gasteiger partial charge in [0.05, 0.1) is 25.2 Å². The fraction of sp³-hybridized carbons (Fsp3) is 0.316. The first-order chi connectivity index (χ1) is 12.8. The van der Waals surface area contributed by atoms with Crippen LogP contribution in [-0.4, -0.2) is 45.9 Å². The smallest absolute Gasteiger partial charge is 0.243 e. The summed E-state index contributed by atoms with van der Waals surface area (Å²) in [4.78, 5) is 12.3. The average Bonchev–Trinajstić information content (AvgIpc) is 2.63. The number of amides is 1. The van der Waals surface area contributed by atoms with Gasteiger partial charge < -0.3 is 14.8 Å². The monoisotopic (exact) mass is 392 g/mol. The number of methoxy groups -OCH3 is 1. The third-order valence-corrected chi connectivity index (χ3v) is 5.69. The molecule has 0 unspecified atom stereocenters. The Morgan fingerprint density at radius 1 is 1.15 bits per heavy atom. The van der Waals surface area contributed by atoms with Gasteiger partial charge in [0.25, 0.3) is 0 Å². The highest BCUT2D eigenvalue weighted by Crippen LogP contribution is 2.23. The molecule has 27 heavy (non-hydrogen) atoms. The minimum absolute atomic E-state index is 0.108. The maximum atomic E-state index is 12.7. The van der Waals surface area contributed by atoms with Crippen molar-refractivity contribution in [3.63, 3.8) is 0 Å².